The Balaban J connectivity index is 1.99. The summed E-state index contributed by atoms with van der Waals surface area (Å²) in [5.74, 6) is 0.644. The molecule has 2 aromatic carbocycles. The lowest BCUT2D eigenvalue weighted by atomic mass is 10.1. The van der Waals surface area contributed by atoms with Crippen molar-refractivity contribution in [2.75, 3.05) is 6.61 Å². The van der Waals surface area contributed by atoms with E-state index in [1.165, 1.54) is 0 Å². The summed E-state index contributed by atoms with van der Waals surface area (Å²) in [7, 11) is 0. The molecule has 3 nitrogen and oxygen atoms in total. The number of esters is 1. The fourth-order valence-corrected chi connectivity index (χ4v) is 2.77. The standard InChI is InChI=1S/C16H14BrClO3/c1-10-6-12(17)7-11(2)16(10)21-15(19)9-20-14-5-3-4-13(18)8-14/h3-8H,9H2,1-2H3. The van der Waals surface area contributed by atoms with Crippen LogP contribution in [0.2, 0.25) is 5.02 Å². The Hall–Kier alpha value is -1.52. The van der Waals surface area contributed by atoms with Crippen LogP contribution in [0.25, 0.3) is 0 Å². The smallest absolute Gasteiger partial charge is 0.349 e. The van der Waals surface area contributed by atoms with Gasteiger partial charge in [0.05, 0.1) is 0 Å². The third-order valence-electron chi connectivity index (χ3n) is 2.79. The van der Waals surface area contributed by atoms with E-state index in [9.17, 15) is 4.79 Å². The van der Waals surface area contributed by atoms with Gasteiger partial charge in [0, 0.05) is 9.50 Å². The van der Waals surface area contributed by atoms with E-state index in [2.05, 4.69) is 15.9 Å². The number of rotatable bonds is 4. The van der Waals surface area contributed by atoms with Gasteiger partial charge in [-0.25, -0.2) is 4.79 Å². The zero-order valence-corrected chi connectivity index (χ0v) is 14.0. The van der Waals surface area contributed by atoms with Crippen LogP contribution in [0.4, 0.5) is 0 Å². The minimum absolute atomic E-state index is 0.171. The van der Waals surface area contributed by atoms with Crippen molar-refractivity contribution < 1.29 is 14.3 Å². The number of ether oxygens (including phenoxy) is 2. The first-order valence-corrected chi connectivity index (χ1v) is 7.48. The highest BCUT2D eigenvalue weighted by molar-refractivity contribution is 9.10. The van der Waals surface area contributed by atoms with Gasteiger partial charge in [-0.3, -0.25) is 0 Å². The number of carbonyl (C=O) groups excluding carboxylic acids is 1. The van der Waals surface area contributed by atoms with Crippen molar-refractivity contribution in [1.29, 1.82) is 0 Å². The van der Waals surface area contributed by atoms with E-state index in [0.717, 1.165) is 15.6 Å². The molecule has 0 amide bonds. The number of hydrogen-bond acceptors (Lipinski definition) is 3. The summed E-state index contributed by atoms with van der Waals surface area (Å²) >= 11 is 9.25. The maximum Gasteiger partial charge on any atom is 0.349 e. The molecule has 0 atom stereocenters. The quantitative estimate of drug-likeness (QED) is 0.578. The van der Waals surface area contributed by atoms with Gasteiger partial charge in [0.15, 0.2) is 6.61 Å². The number of halogens is 2. The van der Waals surface area contributed by atoms with Crippen molar-refractivity contribution >= 4 is 33.5 Å². The van der Waals surface area contributed by atoms with Crippen LogP contribution in [0.3, 0.4) is 0 Å². The van der Waals surface area contributed by atoms with Crippen LogP contribution >= 0.6 is 27.5 Å². The minimum atomic E-state index is -0.455. The molecule has 0 aromatic heterocycles. The molecule has 0 bridgehead atoms. The molecule has 0 saturated carbocycles. The van der Waals surface area contributed by atoms with E-state index < -0.39 is 5.97 Å². The van der Waals surface area contributed by atoms with Crippen molar-refractivity contribution in [3.8, 4) is 11.5 Å². The maximum absolute atomic E-state index is 11.9. The second-order valence-electron chi connectivity index (χ2n) is 4.59. The Labute approximate surface area is 137 Å². The van der Waals surface area contributed by atoms with Crippen LogP contribution < -0.4 is 9.47 Å². The van der Waals surface area contributed by atoms with Crippen molar-refractivity contribution in [3.05, 3.63) is 57.0 Å². The molecule has 21 heavy (non-hydrogen) atoms. The first kappa shape index (κ1) is 15.9. The summed E-state index contributed by atoms with van der Waals surface area (Å²) in [6, 6.07) is 10.7. The van der Waals surface area contributed by atoms with Gasteiger partial charge in [0.2, 0.25) is 0 Å². The summed E-state index contributed by atoms with van der Waals surface area (Å²) in [5.41, 5.74) is 1.77. The molecule has 0 radical (unpaired) electrons. The molecule has 0 heterocycles. The Morgan fingerprint density at radius 3 is 2.48 bits per heavy atom. The van der Waals surface area contributed by atoms with Crippen molar-refractivity contribution in [2.45, 2.75) is 13.8 Å². The van der Waals surface area contributed by atoms with Crippen LogP contribution in [0.5, 0.6) is 11.5 Å². The van der Waals surface area contributed by atoms with Crippen LogP contribution in [0.1, 0.15) is 11.1 Å². The van der Waals surface area contributed by atoms with Crippen molar-refractivity contribution in [1.82, 2.24) is 0 Å². The number of aryl methyl sites for hydroxylation is 2. The third kappa shape index (κ3) is 4.48. The van der Waals surface area contributed by atoms with E-state index >= 15 is 0 Å². The van der Waals surface area contributed by atoms with Crippen LogP contribution in [0, 0.1) is 13.8 Å². The summed E-state index contributed by atoms with van der Waals surface area (Å²) in [5, 5.41) is 0.556. The molecule has 5 heteroatoms. The molecule has 0 aliphatic carbocycles. The predicted molar refractivity (Wildman–Crippen MR) is 86.2 cm³/mol. The van der Waals surface area contributed by atoms with Gasteiger partial charge < -0.3 is 9.47 Å². The molecule has 2 rings (SSSR count). The average molecular weight is 370 g/mol. The van der Waals surface area contributed by atoms with Gasteiger partial charge in [-0.1, -0.05) is 33.6 Å². The monoisotopic (exact) mass is 368 g/mol. The SMILES string of the molecule is Cc1cc(Br)cc(C)c1OC(=O)COc1cccc(Cl)c1. The normalized spacial score (nSPS) is 10.3. The lowest BCUT2D eigenvalue weighted by molar-refractivity contribution is -0.136. The summed E-state index contributed by atoms with van der Waals surface area (Å²) in [6.45, 7) is 3.60. The molecule has 2 aromatic rings. The average Bonchev–Trinajstić information content (AvgIpc) is 2.40. The third-order valence-corrected chi connectivity index (χ3v) is 3.49. The molecule has 0 aliphatic rings. The largest absolute Gasteiger partial charge is 0.482 e. The fourth-order valence-electron chi connectivity index (χ4n) is 1.90. The second kappa shape index (κ2) is 6.96. The molecule has 0 N–H and O–H groups in total. The van der Waals surface area contributed by atoms with Crippen LogP contribution in [0.15, 0.2) is 40.9 Å². The van der Waals surface area contributed by atoms with Gasteiger partial charge in [-0.2, -0.15) is 0 Å². The first-order valence-electron chi connectivity index (χ1n) is 6.31. The number of benzene rings is 2. The predicted octanol–water partition coefficient (Wildman–Crippen LogP) is 4.70. The molecule has 110 valence electrons. The highest BCUT2D eigenvalue weighted by Crippen LogP contribution is 2.27. The maximum atomic E-state index is 11.9. The molecule has 0 saturated heterocycles. The molecule has 0 aliphatic heterocycles. The van der Waals surface area contributed by atoms with Gasteiger partial charge >= 0.3 is 5.97 Å². The van der Waals surface area contributed by atoms with Gasteiger partial charge in [-0.05, 0) is 55.3 Å². The van der Waals surface area contributed by atoms with Gasteiger partial charge in [-0.15, -0.1) is 0 Å². The van der Waals surface area contributed by atoms with E-state index in [4.69, 9.17) is 21.1 Å². The van der Waals surface area contributed by atoms with Gasteiger partial charge in [0.1, 0.15) is 11.5 Å². The summed E-state index contributed by atoms with van der Waals surface area (Å²) in [4.78, 5) is 11.9. The van der Waals surface area contributed by atoms with E-state index in [1.807, 2.05) is 26.0 Å². The van der Waals surface area contributed by atoms with Crippen LogP contribution in [-0.4, -0.2) is 12.6 Å². The second-order valence-corrected chi connectivity index (χ2v) is 5.94. The Kier molecular flexibility index (Phi) is 5.26. The van der Waals surface area contributed by atoms with Gasteiger partial charge in [0.25, 0.3) is 0 Å². The van der Waals surface area contributed by atoms with Crippen LogP contribution in [-0.2, 0) is 4.79 Å². The molecule has 0 unspecified atom stereocenters. The highest BCUT2D eigenvalue weighted by Gasteiger charge is 2.11. The molecular weight excluding hydrogens is 356 g/mol. The van der Waals surface area contributed by atoms with Crippen molar-refractivity contribution in [3.63, 3.8) is 0 Å². The summed E-state index contributed by atoms with van der Waals surface area (Å²) < 4.78 is 11.7. The number of hydrogen-bond donors (Lipinski definition) is 0. The minimum Gasteiger partial charge on any atom is -0.482 e. The molecule has 0 spiro atoms. The van der Waals surface area contributed by atoms with E-state index in [1.54, 1.807) is 24.3 Å². The lowest BCUT2D eigenvalue weighted by Crippen LogP contribution is -2.18. The Morgan fingerprint density at radius 2 is 1.86 bits per heavy atom. The Morgan fingerprint density at radius 1 is 1.19 bits per heavy atom. The highest BCUT2D eigenvalue weighted by atomic mass is 79.9. The van der Waals surface area contributed by atoms with E-state index in [0.29, 0.717) is 16.5 Å². The fraction of sp³-hybridized carbons (Fsp3) is 0.188. The molecule has 0 fully saturated rings. The summed E-state index contributed by atoms with van der Waals surface area (Å²) in [6.07, 6.45) is 0. The topological polar surface area (TPSA) is 35.5 Å². The number of carbonyl (C=O) groups is 1. The Bertz CT molecular complexity index is 647. The van der Waals surface area contributed by atoms with E-state index in [-0.39, 0.29) is 6.61 Å². The lowest BCUT2D eigenvalue weighted by Gasteiger charge is -2.11. The molecular formula is C16H14BrClO3. The van der Waals surface area contributed by atoms with Crippen molar-refractivity contribution in [2.24, 2.45) is 0 Å². The zero-order valence-electron chi connectivity index (χ0n) is 11.7. The zero-order chi connectivity index (χ0) is 15.4. The first-order chi connectivity index (χ1) is 9.95.